The first-order valence-corrected chi connectivity index (χ1v) is 4.83. The van der Waals surface area contributed by atoms with E-state index in [0.717, 1.165) is 5.56 Å². The molecule has 2 nitrogen and oxygen atoms in total. The first-order valence-electron chi connectivity index (χ1n) is 4.83. The van der Waals surface area contributed by atoms with Crippen molar-refractivity contribution < 1.29 is 9.53 Å². The summed E-state index contributed by atoms with van der Waals surface area (Å²) in [5.41, 5.74) is 1.10. The van der Waals surface area contributed by atoms with Gasteiger partial charge < -0.3 is 4.74 Å². The van der Waals surface area contributed by atoms with Crippen LogP contribution in [-0.2, 0) is 16.1 Å². The second-order valence-corrected chi connectivity index (χ2v) is 3.32. The van der Waals surface area contributed by atoms with Crippen molar-refractivity contribution in [1.82, 2.24) is 0 Å². The van der Waals surface area contributed by atoms with Crippen molar-refractivity contribution in [3.05, 3.63) is 59.9 Å². The molecule has 1 aliphatic carbocycles. The highest BCUT2D eigenvalue weighted by atomic mass is 16.5. The Morgan fingerprint density at radius 3 is 2.80 bits per heavy atom. The van der Waals surface area contributed by atoms with Gasteiger partial charge in [0.15, 0.2) is 5.78 Å². The average Bonchev–Trinajstić information content (AvgIpc) is 2.28. The number of hydrogen-bond acceptors (Lipinski definition) is 2. The summed E-state index contributed by atoms with van der Waals surface area (Å²) >= 11 is 0. The van der Waals surface area contributed by atoms with Gasteiger partial charge in [-0.05, 0) is 17.7 Å². The van der Waals surface area contributed by atoms with Crippen LogP contribution in [0.2, 0.25) is 0 Å². The average molecular weight is 199 g/mol. The molecule has 0 aromatic heterocycles. The van der Waals surface area contributed by atoms with Crippen LogP contribution in [0, 0.1) is 6.08 Å². The van der Waals surface area contributed by atoms with Crippen LogP contribution in [0.15, 0.2) is 48.2 Å². The molecule has 1 aromatic carbocycles. The van der Waals surface area contributed by atoms with Gasteiger partial charge in [0.05, 0.1) is 6.42 Å². The van der Waals surface area contributed by atoms with Crippen molar-refractivity contribution in [1.29, 1.82) is 0 Å². The van der Waals surface area contributed by atoms with Gasteiger partial charge in [0, 0.05) is 6.08 Å². The van der Waals surface area contributed by atoms with Gasteiger partial charge in [-0.15, -0.1) is 0 Å². The number of allylic oxidation sites excluding steroid dienone is 4. The molecule has 2 heteroatoms. The molecule has 2 rings (SSSR count). The van der Waals surface area contributed by atoms with Crippen LogP contribution in [-0.4, -0.2) is 5.78 Å². The van der Waals surface area contributed by atoms with Crippen LogP contribution >= 0.6 is 0 Å². The Bertz CT molecular complexity index is 402. The number of hydrogen-bond donors (Lipinski definition) is 0. The van der Waals surface area contributed by atoms with Gasteiger partial charge in [0.1, 0.15) is 12.4 Å². The number of Topliss-reactive ketones (excluding diaryl/α,β-unsaturated/α-hetero) is 1. The first-order chi connectivity index (χ1) is 7.34. The fraction of sp³-hybridized carbons (Fsp3) is 0.154. The van der Waals surface area contributed by atoms with Crippen LogP contribution in [0.3, 0.4) is 0 Å². The van der Waals surface area contributed by atoms with E-state index in [-0.39, 0.29) is 5.78 Å². The highest BCUT2D eigenvalue weighted by Gasteiger charge is 2.08. The Balaban J connectivity index is 1.92. The van der Waals surface area contributed by atoms with Gasteiger partial charge in [-0.25, -0.2) is 0 Å². The van der Waals surface area contributed by atoms with Gasteiger partial charge in [-0.2, -0.15) is 0 Å². The minimum Gasteiger partial charge on any atom is -0.493 e. The SMILES string of the molecule is O=C1[C]=CC=C(OCc2ccccc2)C1. The summed E-state index contributed by atoms with van der Waals surface area (Å²) in [6, 6.07) is 9.88. The van der Waals surface area contributed by atoms with Gasteiger partial charge in [0.25, 0.3) is 0 Å². The van der Waals surface area contributed by atoms with Gasteiger partial charge in [-0.3, -0.25) is 4.79 Å². The molecule has 0 heterocycles. The zero-order valence-electron chi connectivity index (χ0n) is 8.27. The van der Waals surface area contributed by atoms with Crippen molar-refractivity contribution in [3.63, 3.8) is 0 Å². The maximum Gasteiger partial charge on any atom is 0.171 e. The molecular formula is C13H11O2. The number of ketones is 1. The molecule has 1 aliphatic rings. The second kappa shape index (κ2) is 4.60. The minimum absolute atomic E-state index is 0.0273. The summed E-state index contributed by atoms with van der Waals surface area (Å²) in [6.07, 6.45) is 6.30. The zero-order valence-corrected chi connectivity index (χ0v) is 8.27. The molecule has 15 heavy (non-hydrogen) atoms. The summed E-state index contributed by atoms with van der Waals surface area (Å²) in [7, 11) is 0. The van der Waals surface area contributed by atoms with Gasteiger partial charge in [0.2, 0.25) is 0 Å². The van der Waals surface area contributed by atoms with E-state index in [9.17, 15) is 4.79 Å². The van der Waals surface area contributed by atoms with Crippen LogP contribution in [0.5, 0.6) is 0 Å². The van der Waals surface area contributed by atoms with Crippen molar-refractivity contribution >= 4 is 5.78 Å². The third kappa shape index (κ3) is 2.81. The smallest absolute Gasteiger partial charge is 0.171 e. The van der Waals surface area contributed by atoms with Crippen molar-refractivity contribution in [2.24, 2.45) is 0 Å². The third-order valence-electron chi connectivity index (χ3n) is 2.12. The number of rotatable bonds is 3. The van der Waals surface area contributed by atoms with E-state index in [2.05, 4.69) is 6.08 Å². The highest BCUT2D eigenvalue weighted by molar-refractivity contribution is 5.88. The Morgan fingerprint density at radius 1 is 1.27 bits per heavy atom. The summed E-state index contributed by atoms with van der Waals surface area (Å²) in [6.45, 7) is 0.508. The van der Waals surface area contributed by atoms with Crippen LogP contribution < -0.4 is 0 Å². The van der Waals surface area contributed by atoms with Crippen molar-refractivity contribution in [2.45, 2.75) is 13.0 Å². The molecule has 0 unspecified atom stereocenters. The lowest BCUT2D eigenvalue weighted by atomic mass is 10.1. The topological polar surface area (TPSA) is 26.3 Å². The third-order valence-corrected chi connectivity index (χ3v) is 2.12. The number of ether oxygens (including phenoxy) is 1. The zero-order chi connectivity index (χ0) is 10.5. The molecule has 0 N–H and O–H groups in total. The fourth-order valence-corrected chi connectivity index (χ4v) is 1.35. The minimum atomic E-state index is -0.0273. The molecule has 0 atom stereocenters. The van der Waals surface area contributed by atoms with Gasteiger partial charge >= 0.3 is 0 Å². The summed E-state index contributed by atoms with van der Waals surface area (Å²) < 4.78 is 5.51. The van der Waals surface area contributed by atoms with Crippen molar-refractivity contribution in [3.8, 4) is 0 Å². The molecule has 1 radical (unpaired) electrons. The second-order valence-electron chi connectivity index (χ2n) is 3.32. The molecule has 0 bridgehead atoms. The molecule has 0 amide bonds. The van der Waals surface area contributed by atoms with Crippen LogP contribution in [0.1, 0.15) is 12.0 Å². The van der Waals surface area contributed by atoms with Gasteiger partial charge in [-0.1, -0.05) is 30.3 Å². The monoisotopic (exact) mass is 199 g/mol. The Hall–Kier alpha value is -1.83. The predicted molar refractivity (Wildman–Crippen MR) is 56.8 cm³/mol. The molecule has 75 valence electrons. The number of carbonyl (C=O) groups is 1. The Labute approximate surface area is 88.9 Å². The lowest BCUT2D eigenvalue weighted by Gasteiger charge is -2.10. The normalized spacial score (nSPS) is 14.9. The van der Waals surface area contributed by atoms with Crippen molar-refractivity contribution in [2.75, 3.05) is 0 Å². The quantitative estimate of drug-likeness (QED) is 0.747. The van der Waals surface area contributed by atoms with E-state index in [1.807, 2.05) is 30.3 Å². The largest absolute Gasteiger partial charge is 0.493 e. The fourth-order valence-electron chi connectivity index (χ4n) is 1.35. The molecule has 1 aromatic rings. The van der Waals surface area contributed by atoms with Crippen LogP contribution in [0.25, 0.3) is 0 Å². The van der Waals surface area contributed by atoms with E-state index in [1.54, 1.807) is 12.2 Å². The molecule has 0 spiro atoms. The maximum absolute atomic E-state index is 11.0. The molecule has 0 saturated carbocycles. The maximum atomic E-state index is 11.0. The van der Waals surface area contributed by atoms with E-state index < -0.39 is 0 Å². The molecular weight excluding hydrogens is 188 g/mol. The Kier molecular flexibility index (Phi) is 2.98. The van der Waals surface area contributed by atoms with E-state index in [0.29, 0.717) is 18.8 Å². The Morgan fingerprint density at radius 2 is 2.07 bits per heavy atom. The first kappa shape index (κ1) is 9.71. The standard InChI is InChI=1S/C13H11O2/c14-12-7-4-8-13(9-12)15-10-11-5-2-1-3-6-11/h1-6,8H,9-10H2. The predicted octanol–water partition coefficient (Wildman–Crippen LogP) is 2.42. The number of benzene rings is 1. The number of carbonyl (C=O) groups excluding carboxylic acids is 1. The lowest BCUT2D eigenvalue weighted by Crippen LogP contribution is -2.03. The molecule has 0 saturated heterocycles. The summed E-state index contributed by atoms with van der Waals surface area (Å²) in [5, 5.41) is 0. The molecule has 0 fully saturated rings. The highest BCUT2D eigenvalue weighted by Crippen LogP contribution is 2.12. The van der Waals surface area contributed by atoms with E-state index in [4.69, 9.17) is 4.74 Å². The molecule has 0 aliphatic heterocycles. The van der Waals surface area contributed by atoms with E-state index in [1.165, 1.54) is 0 Å². The summed E-state index contributed by atoms with van der Waals surface area (Å²) in [5.74, 6) is 0.683. The van der Waals surface area contributed by atoms with E-state index >= 15 is 0 Å². The van der Waals surface area contributed by atoms with Crippen LogP contribution in [0.4, 0.5) is 0 Å². The lowest BCUT2D eigenvalue weighted by molar-refractivity contribution is -0.115. The summed E-state index contributed by atoms with van der Waals surface area (Å²) in [4.78, 5) is 11.0.